The average molecular weight is 694 g/mol. The third-order valence-corrected chi connectivity index (χ3v) is 10.6. The molecule has 3 heteroatoms. The topological polar surface area (TPSA) is 28.1 Å². The van der Waals surface area contributed by atoms with Gasteiger partial charge < -0.3 is 9.64 Å². The molecular formula is C51H37N2O+. The molecule has 1 aliphatic rings. The Bertz CT molecular complexity index is 2640. The molecule has 1 atom stereocenters. The van der Waals surface area contributed by atoms with Crippen LogP contribution in [0, 0.1) is 0 Å². The minimum atomic E-state index is -0.0928. The SMILES string of the molecule is c1ccc(-c2ccc(N(c3ccc(-c4ccccc4)cc3)c3ccc(-c4ccc5ccc6ccc7c(c6c5c4)[OH+]C(c4ccccc4)N7)cc3)cc2)cc1. The van der Waals surface area contributed by atoms with Gasteiger partial charge in [0.25, 0.3) is 12.0 Å². The van der Waals surface area contributed by atoms with Crippen LogP contribution in [0.4, 0.5) is 22.7 Å². The summed E-state index contributed by atoms with van der Waals surface area (Å²) in [7, 11) is 0. The largest absolute Gasteiger partial charge is 0.560 e. The van der Waals surface area contributed by atoms with Crippen LogP contribution in [-0.2, 0) is 0 Å². The number of benzene rings is 9. The average Bonchev–Trinajstić information content (AvgIpc) is 3.70. The first-order valence-electron chi connectivity index (χ1n) is 18.5. The summed E-state index contributed by atoms with van der Waals surface area (Å²) in [6, 6.07) is 73.8. The van der Waals surface area contributed by atoms with Gasteiger partial charge in [0.05, 0.1) is 10.9 Å². The van der Waals surface area contributed by atoms with Crippen LogP contribution in [-0.4, -0.2) is 4.74 Å². The number of ether oxygens (including phenoxy) is 1. The highest BCUT2D eigenvalue weighted by atomic mass is 16.5. The van der Waals surface area contributed by atoms with E-state index in [0.717, 1.165) is 34.1 Å². The van der Waals surface area contributed by atoms with Gasteiger partial charge in [-0.05, 0) is 110 Å². The highest BCUT2D eigenvalue weighted by Crippen LogP contribution is 2.47. The molecule has 0 aliphatic carbocycles. The number of hydrogen-bond acceptors (Lipinski definition) is 2. The van der Waals surface area contributed by atoms with Crippen molar-refractivity contribution in [3.05, 3.63) is 212 Å². The first-order chi connectivity index (χ1) is 26.7. The summed E-state index contributed by atoms with van der Waals surface area (Å²) in [6.45, 7) is 0. The Morgan fingerprint density at radius 3 is 1.37 bits per heavy atom. The van der Waals surface area contributed by atoms with E-state index in [0.29, 0.717) is 0 Å². The molecule has 0 bridgehead atoms. The van der Waals surface area contributed by atoms with Crippen molar-refractivity contribution in [1.82, 2.24) is 0 Å². The van der Waals surface area contributed by atoms with Crippen LogP contribution >= 0.6 is 0 Å². The normalized spacial score (nSPS) is 13.3. The van der Waals surface area contributed by atoms with Gasteiger partial charge in [0.2, 0.25) is 0 Å². The Morgan fingerprint density at radius 2 is 0.815 bits per heavy atom. The molecule has 54 heavy (non-hydrogen) atoms. The maximum Gasteiger partial charge on any atom is 0.289 e. The Hall–Kier alpha value is -7.10. The molecule has 0 fully saturated rings. The molecule has 0 amide bonds. The summed E-state index contributed by atoms with van der Waals surface area (Å²) in [6.07, 6.45) is -0.0928. The van der Waals surface area contributed by atoms with Gasteiger partial charge >= 0.3 is 0 Å². The zero-order valence-electron chi connectivity index (χ0n) is 29.6. The van der Waals surface area contributed by atoms with Gasteiger partial charge in [-0.15, -0.1) is 0 Å². The Morgan fingerprint density at radius 1 is 0.389 bits per heavy atom. The minimum Gasteiger partial charge on any atom is -0.560 e. The number of nitrogens with zero attached hydrogens (tertiary/aromatic N) is 1. The lowest BCUT2D eigenvalue weighted by molar-refractivity contribution is 0.0234. The van der Waals surface area contributed by atoms with E-state index < -0.39 is 0 Å². The van der Waals surface area contributed by atoms with Gasteiger partial charge in [0.1, 0.15) is 5.69 Å². The van der Waals surface area contributed by atoms with Crippen molar-refractivity contribution in [2.75, 3.05) is 10.2 Å². The molecule has 0 saturated carbocycles. The predicted molar refractivity (Wildman–Crippen MR) is 227 cm³/mol. The van der Waals surface area contributed by atoms with Crippen LogP contribution in [0.15, 0.2) is 206 Å². The molecule has 1 unspecified atom stereocenters. The second-order valence-corrected chi connectivity index (χ2v) is 13.9. The zero-order chi connectivity index (χ0) is 35.8. The van der Waals surface area contributed by atoms with Crippen LogP contribution in [0.3, 0.4) is 0 Å². The highest BCUT2D eigenvalue weighted by Gasteiger charge is 2.31. The second-order valence-electron chi connectivity index (χ2n) is 13.9. The molecule has 0 saturated heterocycles. The molecule has 0 aromatic heterocycles. The van der Waals surface area contributed by atoms with Crippen LogP contribution in [0.25, 0.3) is 54.9 Å². The standard InChI is InChI=1S/C51H36N2O/c1-4-10-35(11-5-1)37-20-27-44(28-21-37)53(45-29-22-38(23-30-45)36-12-6-2-7-13-36)46-31-24-39(25-32-46)43-19-17-40-16-18-41-26-33-48-50(49(41)47(40)34-43)54-51(52-48)42-14-8-3-9-15-42/h1-34,51-52H/p+1. The summed E-state index contributed by atoms with van der Waals surface area (Å²) < 4.78 is 5.22. The highest BCUT2D eigenvalue weighted by molar-refractivity contribution is 6.13. The quantitative estimate of drug-likeness (QED) is 0.102. The number of hydrogen-bond donors (Lipinski definition) is 1. The van der Waals surface area contributed by atoms with E-state index in [2.05, 4.69) is 210 Å². The van der Waals surface area contributed by atoms with E-state index in [1.54, 1.807) is 0 Å². The van der Waals surface area contributed by atoms with Crippen LogP contribution in [0.1, 0.15) is 11.8 Å². The summed E-state index contributed by atoms with van der Waals surface area (Å²) in [5.41, 5.74) is 12.7. The third-order valence-electron chi connectivity index (χ3n) is 10.6. The molecule has 10 rings (SSSR count). The monoisotopic (exact) mass is 693 g/mol. The molecule has 9 aromatic rings. The van der Waals surface area contributed by atoms with Crippen LogP contribution in [0.2, 0.25) is 0 Å². The molecule has 3 nitrogen and oxygen atoms in total. The predicted octanol–water partition coefficient (Wildman–Crippen LogP) is 13.8. The number of aliphatic hydroxyl groups is 1. The van der Waals surface area contributed by atoms with E-state index in [1.165, 1.54) is 54.9 Å². The number of aromatic hydroxyl groups is 1. The summed E-state index contributed by atoms with van der Waals surface area (Å²) in [5.74, 6) is 1.03. The molecule has 9 aromatic carbocycles. The maximum absolute atomic E-state index is 5.22. The molecule has 2 N–H and O–H groups in total. The number of nitrogens with one attached hydrogen (secondary N) is 1. The lowest BCUT2D eigenvalue weighted by Gasteiger charge is -2.26. The number of anilines is 4. The van der Waals surface area contributed by atoms with E-state index in [1.807, 2.05) is 6.07 Å². The van der Waals surface area contributed by atoms with Crippen LogP contribution in [0.5, 0.6) is 5.75 Å². The third kappa shape index (κ3) is 5.82. The van der Waals surface area contributed by atoms with Gasteiger partial charge in [-0.2, -0.15) is 0 Å². The van der Waals surface area contributed by atoms with Crippen molar-refractivity contribution in [2.24, 2.45) is 0 Å². The Labute approximate surface area is 315 Å². The Balaban J connectivity index is 1.02. The fourth-order valence-electron chi connectivity index (χ4n) is 7.78. The number of rotatable bonds is 7. The van der Waals surface area contributed by atoms with Crippen molar-refractivity contribution in [1.29, 1.82) is 0 Å². The van der Waals surface area contributed by atoms with Gasteiger partial charge in [-0.25, -0.2) is 0 Å². The van der Waals surface area contributed by atoms with E-state index >= 15 is 0 Å². The molecule has 1 heterocycles. The fourth-order valence-corrected chi connectivity index (χ4v) is 7.78. The van der Waals surface area contributed by atoms with Crippen molar-refractivity contribution >= 4 is 44.3 Å². The molecule has 0 spiro atoms. The lowest BCUT2D eigenvalue weighted by atomic mass is 9.96. The van der Waals surface area contributed by atoms with Crippen LogP contribution < -0.4 is 10.2 Å². The first-order valence-corrected chi connectivity index (χ1v) is 18.5. The summed E-state index contributed by atoms with van der Waals surface area (Å²) >= 11 is 0. The van der Waals surface area contributed by atoms with Gasteiger partial charge in [-0.1, -0.05) is 146 Å². The summed E-state index contributed by atoms with van der Waals surface area (Å²) in [4.78, 5) is 2.34. The maximum atomic E-state index is 5.22. The smallest absolute Gasteiger partial charge is 0.289 e. The first kappa shape index (κ1) is 31.6. The van der Waals surface area contributed by atoms with Gasteiger partial charge in [-0.3, -0.25) is 5.32 Å². The van der Waals surface area contributed by atoms with Crippen molar-refractivity contribution in [2.45, 2.75) is 6.23 Å². The fraction of sp³-hybridized carbons (Fsp3) is 0.0196. The number of fused-ring (bicyclic) bond motifs is 5. The van der Waals surface area contributed by atoms with Gasteiger partial charge in [0.15, 0.2) is 0 Å². The molecule has 0 radical (unpaired) electrons. The van der Waals surface area contributed by atoms with Crippen molar-refractivity contribution < 1.29 is 4.74 Å². The van der Waals surface area contributed by atoms with E-state index in [4.69, 9.17) is 4.74 Å². The zero-order valence-corrected chi connectivity index (χ0v) is 29.6. The lowest BCUT2D eigenvalue weighted by Crippen LogP contribution is -2.09. The minimum absolute atomic E-state index is 0.0928. The molecule has 256 valence electrons. The summed E-state index contributed by atoms with van der Waals surface area (Å²) in [5, 5.41) is 8.46. The van der Waals surface area contributed by atoms with Gasteiger partial charge in [0, 0.05) is 17.1 Å². The van der Waals surface area contributed by atoms with E-state index in [9.17, 15) is 0 Å². The van der Waals surface area contributed by atoms with E-state index in [-0.39, 0.29) is 6.23 Å². The second kappa shape index (κ2) is 13.5. The van der Waals surface area contributed by atoms with Crippen molar-refractivity contribution in [3.63, 3.8) is 0 Å². The Kier molecular flexibility index (Phi) is 7.88. The molecular weight excluding hydrogens is 657 g/mol. The molecule has 1 aliphatic heterocycles. The van der Waals surface area contributed by atoms with Crippen molar-refractivity contribution in [3.8, 4) is 39.1 Å².